The maximum absolute atomic E-state index is 12.0. The van der Waals surface area contributed by atoms with Gasteiger partial charge in [-0.2, -0.15) is 0 Å². The summed E-state index contributed by atoms with van der Waals surface area (Å²) in [6.07, 6.45) is 5.47. The number of hydrogen-bond donors (Lipinski definition) is 2. The van der Waals surface area contributed by atoms with Gasteiger partial charge in [-0.05, 0) is 18.1 Å². The Kier molecular flexibility index (Phi) is 9.56. The number of nitrogens with two attached hydrogens (primary N) is 1. The van der Waals surface area contributed by atoms with Gasteiger partial charge in [0.25, 0.3) is 0 Å². The molecule has 0 spiro atoms. The van der Waals surface area contributed by atoms with E-state index in [-0.39, 0.29) is 42.7 Å². The molecule has 3 N–H and O–H groups in total. The molecule has 128 valence electrons. The van der Waals surface area contributed by atoms with Crippen LogP contribution in [-0.2, 0) is 17.9 Å². The minimum absolute atomic E-state index is 0. The van der Waals surface area contributed by atoms with Crippen molar-refractivity contribution in [3.63, 3.8) is 0 Å². The summed E-state index contributed by atoms with van der Waals surface area (Å²) in [5.41, 5.74) is 8.03. The lowest BCUT2D eigenvalue weighted by Gasteiger charge is -2.16. The predicted octanol–water partition coefficient (Wildman–Crippen LogP) is 2.37. The lowest BCUT2D eigenvalue weighted by molar-refractivity contribution is -0.125. The number of benzene rings is 1. The molecule has 1 amide bonds. The number of halogens is 2. The van der Waals surface area contributed by atoms with Gasteiger partial charge in [0.05, 0.1) is 6.33 Å². The maximum atomic E-state index is 12.0. The van der Waals surface area contributed by atoms with Crippen molar-refractivity contribution < 1.29 is 4.79 Å². The Labute approximate surface area is 149 Å². The van der Waals surface area contributed by atoms with Crippen LogP contribution in [0.1, 0.15) is 25.0 Å². The summed E-state index contributed by atoms with van der Waals surface area (Å²) in [6, 6.07) is 7.93. The summed E-state index contributed by atoms with van der Waals surface area (Å²) in [7, 11) is 0. The van der Waals surface area contributed by atoms with E-state index >= 15 is 0 Å². The van der Waals surface area contributed by atoms with E-state index in [1.807, 2.05) is 42.8 Å². The van der Waals surface area contributed by atoms with E-state index in [9.17, 15) is 4.79 Å². The van der Waals surface area contributed by atoms with Crippen LogP contribution in [0.4, 0.5) is 0 Å². The van der Waals surface area contributed by atoms with Crippen molar-refractivity contribution in [3.8, 4) is 0 Å². The van der Waals surface area contributed by atoms with Gasteiger partial charge in [0.15, 0.2) is 0 Å². The average Bonchev–Trinajstić information content (AvgIpc) is 2.98. The fourth-order valence-corrected chi connectivity index (χ4v) is 2.04. The molecule has 23 heavy (non-hydrogen) atoms. The molecule has 0 aliphatic carbocycles. The molecule has 0 bridgehead atoms. The summed E-state index contributed by atoms with van der Waals surface area (Å²) >= 11 is 0. The summed E-state index contributed by atoms with van der Waals surface area (Å²) < 4.78 is 2.01. The monoisotopic (exact) mass is 358 g/mol. The number of hydrogen-bond acceptors (Lipinski definition) is 3. The highest BCUT2D eigenvalue weighted by Gasteiger charge is 2.16. The minimum atomic E-state index is -0.189. The minimum Gasteiger partial charge on any atom is -0.352 e. The molecule has 0 saturated heterocycles. The first-order valence-corrected chi connectivity index (χ1v) is 7.13. The van der Waals surface area contributed by atoms with E-state index in [4.69, 9.17) is 5.73 Å². The quantitative estimate of drug-likeness (QED) is 0.832. The average molecular weight is 359 g/mol. The Morgan fingerprint density at radius 2 is 1.91 bits per heavy atom. The molecule has 0 aliphatic rings. The molecule has 7 heteroatoms. The van der Waals surface area contributed by atoms with Crippen LogP contribution in [0.25, 0.3) is 0 Å². The van der Waals surface area contributed by atoms with Crippen LogP contribution in [0.5, 0.6) is 0 Å². The van der Waals surface area contributed by atoms with E-state index in [0.717, 1.165) is 12.1 Å². The molecule has 0 fully saturated rings. The van der Waals surface area contributed by atoms with Gasteiger partial charge in [0.1, 0.15) is 0 Å². The van der Waals surface area contributed by atoms with E-state index in [1.165, 1.54) is 5.56 Å². The van der Waals surface area contributed by atoms with Gasteiger partial charge in [0.2, 0.25) is 5.91 Å². The molecule has 2 rings (SSSR count). The fraction of sp³-hybridized carbons (Fsp3) is 0.375. The molecule has 5 nitrogen and oxygen atoms in total. The zero-order valence-corrected chi connectivity index (χ0v) is 14.9. The molecule has 1 aromatic heterocycles. The highest BCUT2D eigenvalue weighted by atomic mass is 35.5. The molecule has 0 aliphatic heterocycles. The van der Waals surface area contributed by atoms with Gasteiger partial charge in [-0.1, -0.05) is 31.2 Å². The molecule has 2 unspecified atom stereocenters. The third kappa shape index (κ3) is 6.22. The number of imidazole rings is 1. The van der Waals surface area contributed by atoms with Crippen LogP contribution in [0.15, 0.2) is 43.0 Å². The standard InChI is InChI=1S/C16H22N4O.2ClH/c1-12(13(2)17)16(21)19-9-14-5-3-4-6-15(14)10-20-8-7-18-11-20;;/h3-8,11-13H,9-10,17H2,1-2H3,(H,19,21);2*1H. The third-order valence-electron chi connectivity index (χ3n) is 3.69. The summed E-state index contributed by atoms with van der Waals surface area (Å²) in [6.45, 7) is 4.95. The van der Waals surface area contributed by atoms with Crippen LogP contribution in [0, 0.1) is 5.92 Å². The Bertz CT molecular complexity index is 588. The number of aromatic nitrogens is 2. The van der Waals surface area contributed by atoms with Crippen LogP contribution in [0.2, 0.25) is 0 Å². The van der Waals surface area contributed by atoms with Crippen LogP contribution in [0.3, 0.4) is 0 Å². The van der Waals surface area contributed by atoms with Gasteiger partial charge in [-0.15, -0.1) is 24.8 Å². The molecule has 0 saturated carbocycles. The highest BCUT2D eigenvalue weighted by molar-refractivity contribution is 5.85. The zero-order valence-electron chi connectivity index (χ0n) is 13.3. The molecule has 1 aromatic carbocycles. The van der Waals surface area contributed by atoms with Crippen molar-refractivity contribution in [2.24, 2.45) is 11.7 Å². The Morgan fingerprint density at radius 3 is 2.48 bits per heavy atom. The number of amides is 1. The number of rotatable bonds is 6. The molecular weight excluding hydrogens is 335 g/mol. The van der Waals surface area contributed by atoms with Crippen LogP contribution < -0.4 is 11.1 Å². The van der Waals surface area contributed by atoms with Gasteiger partial charge in [-0.25, -0.2) is 4.98 Å². The topological polar surface area (TPSA) is 72.9 Å². The van der Waals surface area contributed by atoms with Gasteiger partial charge < -0.3 is 15.6 Å². The summed E-state index contributed by atoms with van der Waals surface area (Å²) in [4.78, 5) is 16.0. The van der Waals surface area contributed by atoms with Crippen molar-refractivity contribution >= 4 is 30.7 Å². The molecule has 2 atom stereocenters. The fourth-order valence-electron chi connectivity index (χ4n) is 2.04. The van der Waals surface area contributed by atoms with E-state index in [1.54, 1.807) is 12.5 Å². The van der Waals surface area contributed by atoms with Crippen molar-refractivity contribution in [2.45, 2.75) is 33.0 Å². The van der Waals surface area contributed by atoms with Crippen LogP contribution >= 0.6 is 24.8 Å². The lowest BCUT2D eigenvalue weighted by atomic mass is 10.0. The Morgan fingerprint density at radius 1 is 1.26 bits per heavy atom. The van der Waals surface area contributed by atoms with Gasteiger partial charge in [0, 0.05) is 37.4 Å². The SMILES string of the molecule is CC(N)C(C)C(=O)NCc1ccccc1Cn1ccnc1.Cl.Cl. The smallest absolute Gasteiger partial charge is 0.224 e. The van der Waals surface area contributed by atoms with Gasteiger partial charge in [-0.3, -0.25) is 4.79 Å². The van der Waals surface area contributed by atoms with Crippen molar-refractivity contribution in [1.29, 1.82) is 0 Å². The van der Waals surface area contributed by atoms with Crippen molar-refractivity contribution in [3.05, 3.63) is 54.1 Å². The van der Waals surface area contributed by atoms with E-state index in [0.29, 0.717) is 6.54 Å². The number of carbonyl (C=O) groups excluding carboxylic acids is 1. The number of nitrogens with zero attached hydrogens (tertiary/aromatic N) is 2. The first-order chi connectivity index (χ1) is 10.1. The number of carbonyl (C=O) groups is 1. The Balaban J connectivity index is 0.00000242. The lowest BCUT2D eigenvalue weighted by Crippen LogP contribution is -2.38. The zero-order chi connectivity index (χ0) is 15.2. The maximum Gasteiger partial charge on any atom is 0.224 e. The van der Waals surface area contributed by atoms with Gasteiger partial charge >= 0.3 is 0 Å². The van der Waals surface area contributed by atoms with Crippen LogP contribution in [-0.4, -0.2) is 21.5 Å². The molecular formula is C16H24Cl2N4O. The summed E-state index contributed by atoms with van der Waals surface area (Å²) in [5.74, 6) is -0.201. The normalized spacial score (nSPS) is 12.5. The number of nitrogens with one attached hydrogen (secondary N) is 1. The largest absolute Gasteiger partial charge is 0.352 e. The van der Waals surface area contributed by atoms with Crippen molar-refractivity contribution in [1.82, 2.24) is 14.9 Å². The van der Waals surface area contributed by atoms with E-state index in [2.05, 4.69) is 16.4 Å². The Hall–Kier alpha value is -1.56. The summed E-state index contributed by atoms with van der Waals surface area (Å²) in [5, 5.41) is 2.96. The molecule has 0 radical (unpaired) electrons. The second-order valence-electron chi connectivity index (χ2n) is 5.37. The van der Waals surface area contributed by atoms with Crippen molar-refractivity contribution in [2.75, 3.05) is 0 Å². The first-order valence-electron chi connectivity index (χ1n) is 7.13. The predicted molar refractivity (Wildman–Crippen MR) is 96.9 cm³/mol. The molecule has 1 heterocycles. The first kappa shape index (κ1) is 21.4. The molecule has 2 aromatic rings. The highest BCUT2D eigenvalue weighted by Crippen LogP contribution is 2.11. The second-order valence-corrected chi connectivity index (χ2v) is 5.37. The third-order valence-corrected chi connectivity index (χ3v) is 3.69. The van der Waals surface area contributed by atoms with E-state index < -0.39 is 0 Å². The second kappa shape index (κ2) is 10.3.